The number of carbonyl (C=O) groups is 1. The SMILES string of the molecule is CCN(CC(=O)N1CCCCC1)c1ccccc1N. The third-order valence-corrected chi connectivity index (χ3v) is 3.69. The summed E-state index contributed by atoms with van der Waals surface area (Å²) in [6, 6.07) is 7.73. The van der Waals surface area contributed by atoms with Crippen molar-refractivity contribution in [2.45, 2.75) is 26.2 Å². The summed E-state index contributed by atoms with van der Waals surface area (Å²) in [7, 11) is 0. The Hall–Kier alpha value is -1.71. The zero-order valence-corrected chi connectivity index (χ0v) is 11.6. The van der Waals surface area contributed by atoms with Crippen molar-refractivity contribution in [2.75, 3.05) is 36.8 Å². The van der Waals surface area contributed by atoms with Crippen molar-refractivity contribution in [1.29, 1.82) is 0 Å². The number of nitrogens with two attached hydrogens (primary N) is 1. The molecular formula is C15H23N3O. The van der Waals surface area contributed by atoms with Crippen LogP contribution in [0.15, 0.2) is 24.3 Å². The second-order valence-corrected chi connectivity index (χ2v) is 5.01. The number of amides is 1. The van der Waals surface area contributed by atoms with Crippen molar-refractivity contribution in [3.8, 4) is 0 Å². The van der Waals surface area contributed by atoms with E-state index in [0.29, 0.717) is 6.54 Å². The Morgan fingerprint density at radius 1 is 1.26 bits per heavy atom. The van der Waals surface area contributed by atoms with Crippen molar-refractivity contribution in [3.63, 3.8) is 0 Å². The molecule has 1 aromatic rings. The highest BCUT2D eigenvalue weighted by atomic mass is 16.2. The highest BCUT2D eigenvalue weighted by Crippen LogP contribution is 2.22. The Kier molecular flexibility index (Phi) is 4.66. The number of nitrogen functional groups attached to an aromatic ring is 1. The predicted octanol–water partition coefficient (Wildman–Crippen LogP) is 2.11. The molecule has 4 heteroatoms. The molecule has 104 valence electrons. The maximum absolute atomic E-state index is 12.3. The molecule has 0 bridgehead atoms. The van der Waals surface area contributed by atoms with Gasteiger partial charge in [0.2, 0.25) is 5.91 Å². The van der Waals surface area contributed by atoms with Gasteiger partial charge in [-0.1, -0.05) is 12.1 Å². The Balaban J connectivity index is 2.02. The Labute approximate surface area is 115 Å². The first-order chi connectivity index (χ1) is 9.22. The van der Waals surface area contributed by atoms with E-state index in [9.17, 15) is 4.79 Å². The highest BCUT2D eigenvalue weighted by molar-refractivity contribution is 5.83. The molecule has 0 unspecified atom stereocenters. The van der Waals surface area contributed by atoms with Gasteiger partial charge in [0.25, 0.3) is 0 Å². The van der Waals surface area contributed by atoms with E-state index in [0.717, 1.165) is 43.9 Å². The van der Waals surface area contributed by atoms with E-state index in [1.165, 1.54) is 6.42 Å². The smallest absolute Gasteiger partial charge is 0.242 e. The zero-order valence-electron chi connectivity index (χ0n) is 11.6. The van der Waals surface area contributed by atoms with Gasteiger partial charge in [-0.2, -0.15) is 0 Å². The van der Waals surface area contributed by atoms with E-state index >= 15 is 0 Å². The molecule has 19 heavy (non-hydrogen) atoms. The van der Waals surface area contributed by atoms with E-state index < -0.39 is 0 Å². The van der Waals surface area contributed by atoms with Crippen molar-refractivity contribution < 1.29 is 4.79 Å². The molecule has 0 aliphatic carbocycles. The molecule has 0 radical (unpaired) electrons. The Bertz CT molecular complexity index is 427. The van der Waals surface area contributed by atoms with Crippen LogP contribution < -0.4 is 10.6 Å². The van der Waals surface area contributed by atoms with Gasteiger partial charge in [0.1, 0.15) is 0 Å². The number of benzene rings is 1. The second kappa shape index (κ2) is 6.45. The van der Waals surface area contributed by atoms with Crippen LogP contribution in [0.25, 0.3) is 0 Å². The van der Waals surface area contributed by atoms with Crippen LogP contribution in [0, 0.1) is 0 Å². The molecule has 0 atom stereocenters. The number of rotatable bonds is 4. The van der Waals surface area contributed by atoms with Crippen LogP contribution >= 0.6 is 0 Å². The number of carbonyl (C=O) groups excluding carboxylic acids is 1. The lowest BCUT2D eigenvalue weighted by atomic mass is 10.1. The topological polar surface area (TPSA) is 49.6 Å². The first-order valence-electron chi connectivity index (χ1n) is 7.09. The first kappa shape index (κ1) is 13.7. The van der Waals surface area contributed by atoms with E-state index in [4.69, 9.17) is 5.73 Å². The normalized spacial score (nSPS) is 15.3. The van der Waals surface area contributed by atoms with Crippen molar-refractivity contribution >= 4 is 17.3 Å². The number of hydrogen-bond acceptors (Lipinski definition) is 3. The summed E-state index contributed by atoms with van der Waals surface area (Å²) in [6.07, 6.45) is 3.50. The lowest BCUT2D eigenvalue weighted by molar-refractivity contribution is -0.130. The lowest BCUT2D eigenvalue weighted by Crippen LogP contribution is -2.43. The van der Waals surface area contributed by atoms with Gasteiger partial charge < -0.3 is 15.5 Å². The molecule has 1 aromatic carbocycles. The molecule has 2 N–H and O–H groups in total. The van der Waals surface area contributed by atoms with Gasteiger partial charge in [-0.3, -0.25) is 4.79 Å². The lowest BCUT2D eigenvalue weighted by Gasteiger charge is -2.30. The number of piperidine rings is 1. The summed E-state index contributed by atoms with van der Waals surface area (Å²) in [5, 5.41) is 0. The Morgan fingerprint density at radius 2 is 1.95 bits per heavy atom. The summed E-state index contributed by atoms with van der Waals surface area (Å²) in [5.74, 6) is 0.213. The molecule has 1 aliphatic rings. The maximum Gasteiger partial charge on any atom is 0.242 e. The summed E-state index contributed by atoms with van der Waals surface area (Å²) < 4.78 is 0. The highest BCUT2D eigenvalue weighted by Gasteiger charge is 2.19. The number of para-hydroxylation sites is 2. The standard InChI is InChI=1S/C15H23N3O/c1-2-17(14-9-5-4-8-13(14)16)12-15(19)18-10-6-3-7-11-18/h4-5,8-9H,2-3,6-7,10-12,16H2,1H3. The summed E-state index contributed by atoms with van der Waals surface area (Å²) in [5.41, 5.74) is 7.67. The molecule has 1 heterocycles. The van der Waals surface area contributed by atoms with E-state index in [-0.39, 0.29) is 5.91 Å². The molecule has 1 saturated heterocycles. The van der Waals surface area contributed by atoms with Crippen LogP contribution in [-0.4, -0.2) is 37.0 Å². The minimum atomic E-state index is 0.213. The molecular weight excluding hydrogens is 238 g/mol. The van der Waals surface area contributed by atoms with Gasteiger partial charge in [-0.05, 0) is 38.3 Å². The van der Waals surface area contributed by atoms with Crippen molar-refractivity contribution in [3.05, 3.63) is 24.3 Å². The minimum absolute atomic E-state index is 0.213. The van der Waals surface area contributed by atoms with E-state index in [1.54, 1.807) is 0 Å². The summed E-state index contributed by atoms with van der Waals surface area (Å²) in [6.45, 7) is 5.07. The van der Waals surface area contributed by atoms with Gasteiger partial charge in [0, 0.05) is 19.6 Å². The van der Waals surface area contributed by atoms with Crippen LogP contribution in [0.4, 0.5) is 11.4 Å². The largest absolute Gasteiger partial charge is 0.397 e. The molecule has 0 saturated carbocycles. The van der Waals surface area contributed by atoms with E-state index in [1.807, 2.05) is 34.1 Å². The second-order valence-electron chi connectivity index (χ2n) is 5.01. The van der Waals surface area contributed by atoms with Gasteiger partial charge in [-0.15, -0.1) is 0 Å². The zero-order chi connectivity index (χ0) is 13.7. The number of anilines is 2. The average molecular weight is 261 g/mol. The van der Waals surface area contributed by atoms with Crippen molar-refractivity contribution in [2.24, 2.45) is 0 Å². The third-order valence-electron chi connectivity index (χ3n) is 3.69. The molecule has 1 amide bonds. The molecule has 1 aliphatic heterocycles. The van der Waals surface area contributed by atoms with Crippen molar-refractivity contribution in [1.82, 2.24) is 4.90 Å². The van der Waals surface area contributed by atoms with Gasteiger partial charge in [0.15, 0.2) is 0 Å². The fourth-order valence-corrected chi connectivity index (χ4v) is 2.55. The summed E-state index contributed by atoms with van der Waals surface area (Å²) in [4.78, 5) is 16.3. The van der Waals surface area contributed by atoms with E-state index in [2.05, 4.69) is 6.92 Å². The number of hydrogen-bond donors (Lipinski definition) is 1. The number of likely N-dealkylation sites (tertiary alicyclic amines) is 1. The molecule has 1 fully saturated rings. The molecule has 2 rings (SSSR count). The first-order valence-corrected chi connectivity index (χ1v) is 7.09. The molecule has 0 aromatic heterocycles. The van der Waals surface area contributed by atoms with Crippen LogP contribution in [-0.2, 0) is 4.79 Å². The molecule has 0 spiro atoms. The predicted molar refractivity (Wildman–Crippen MR) is 79.2 cm³/mol. The van der Waals surface area contributed by atoms with Gasteiger partial charge in [0.05, 0.1) is 17.9 Å². The average Bonchev–Trinajstić information content (AvgIpc) is 2.46. The number of likely N-dealkylation sites (N-methyl/N-ethyl adjacent to an activating group) is 1. The fourth-order valence-electron chi connectivity index (χ4n) is 2.55. The third kappa shape index (κ3) is 3.40. The summed E-state index contributed by atoms with van der Waals surface area (Å²) >= 11 is 0. The Morgan fingerprint density at radius 3 is 2.58 bits per heavy atom. The number of nitrogens with zero attached hydrogens (tertiary/aromatic N) is 2. The van der Waals surface area contributed by atoms with Gasteiger partial charge >= 0.3 is 0 Å². The van der Waals surface area contributed by atoms with Gasteiger partial charge in [-0.25, -0.2) is 0 Å². The quantitative estimate of drug-likeness (QED) is 0.845. The minimum Gasteiger partial charge on any atom is -0.397 e. The molecule has 4 nitrogen and oxygen atoms in total. The van der Waals surface area contributed by atoms with Crippen LogP contribution in [0.3, 0.4) is 0 Å². The van der Waals surface area contributed by atoms with Crippen LogP contribution in [0.5, 0.6) is 0 Å². The van der Waals surface area contributed by atoms with Crippen LogP contribution in [0.2, 0.25) is 0 Å². The maximum atomic E-state index is 12.3. The monoisotopic (exact) mass is 261 g/mol. The fraction of sp³-hybridized carbons (Fsp3) is 0.533. The van der Waals surface area contributed by atoms with Crippen LogP contribution in [0.1, 0.15) is 26.2 Å².